The van der Waals surface area contributed by atoms with E-state index in [1.54, 1.807) is 12.1 Å². The van der Waals surface area contributed by atoms with Crippen molar-refractivity contribution in [3.8, 4) is 0 Å². The average molecular weight is 470 g/mol. The minimum absolute atomic E-state index is 0.0121. The van der Waals surface area contributed by atoms with Gasteiger partial charge in [-0.05, 0) is 48.6 Å². The maximum Gasteiger partial charge on any atom is 0.252 e. The molecule has 2 heterocycles. The van der Waals surface area contributed by atoms with E-state index < -0.39 is 10.0 Å². The second-order valence-corrected chi connectivity index (χ2v) is 11.7. The van der Waals surface area contributed by atoms with Crippen LogP contribution in [-0.2, 0) is 21.4 Å². The van der Waals surface area contributed by atoms with Crippen LogP contribution in [0.4, 0.5) is 5.69 Å². The number of hydrogen-bond acceptors (Lipinski definition) is 5. The zero-order valence-electron chi connectivity index (χ0n) is 17.5. The molecule has 1 N–H and O–H groups in total. The predicted octanol–water partition coefficient (Wildman–Crippen LogP) is 3.82. The van der Waals surface area contributed by atoms with Gasteiger partial charge >= 0.3 is 0 Å². The van der Waals surface area contributed by atoms with Gasteiger partial charge in [0.15, 0.2) is 0 Å². The molecule has 1 aliphatic heterocycles. The molecule has 0 saturated carbocycles. The summed E-state index contributed by atoms with van der Waals surface area (Å²) in [5, 5.41) is 3.02. The lowest BCUT2D eigenvalue weighted by Gasteiger charge is -2.33. The Labute approximate surface area is 187 Å². The van der Waals surface area contributed by atoms with Gasteiger partial charge < -0.3 is 10.2 Å². The molecule has 0 aliphatic carbocycles. The van der Waals surface area contributed by atoms with Crippen molar-refractivity contribution >= 4 is 44.6 Å². The number of rotatable bonds is 7. The second-order valence-electron chi connectivity index (χ2n) is 7.87. The molecule has 1 saturated heterocycles. The summed E-state index contributed by atoms with van der Waals surface area (Å²) in [6.07, 6.45) is 1.34. The van der Waals surface area contributed by atoms with Gasteiger partial charge in [0.25, 0.3) is 10.0 Å². The molecule has 1 amide bonds. The molecule has 1 aromatic heterocycles. The van der Waals surface area contributed by atoms with E-state index in [0.29, 0.717) is 36.8 Å². The molecule has 0 spiro atoms. The van der Waals surface area contributed by atoms with Gasteiger partial charge in [0.2, 0.25) is 5.91 Å². The molecule has 164 valence electrons. The Balaban J connectivity index is 1.50. The Hall–Kier alpha value is -1.61. The maximum absolute atomic E-state index is 12.7. The van der Waals surface area contributed by atoms with Crippen LogP contribution < -0.4 is 10.2 Å². The lowest BCUT2D eigenvalue weighted by Crippen LogP contribution is -2.42. The standard InChI is InChI=1S/C21H28ClN3O3S2/c1-15(21(26)23-14-16-4-6-18(7-5-16)24(2)3)17-10-12-25(13-11-17)30(27,28)20-9-8-19(22)29-20/h4-9,15,17H,10-14H2,1-3H3,(H,23,26). The monoisotopic (exact) mass is 469 g/mol. The Bertz CT molecular complexity index is 966. The molecule has 9 heteroatoms. The van der Waals surface area contributed by atoms with E-state index in [9.17, 15) is 13.2 Å². The first kappa shape index (κ1) is 23.1. The van der Waals surface area contributed by atoms with Gasteiger partial charge in [-0.2, -0.15) is 4.31 Å². The highest BCUT2D eigenvalue weighted by molar-refractivity contribution is 7.91. The van der Waals surface area contributed by atoms with Crippen LogP contribution in [0, 0.1) is 11.8 Å². The smallest absolute Gasteiger partial charge is 0.252 e. The number of sulfonamides is 1. The number of carbonyl (C=O) groups excluding carboxylic acids is 1. The van der Waals surface area contributed by atoms with Gasteiger partial charge in [-0.3, -0.25) is 4.79 Å². The number of nitrogens with zero attached hydrogens (tertiary/aromatic N) is 2. The van der Waals surface area contributed by atoms with E-state index in [4.69, 9.17) is 11.6 Å². The number of carbonyl (C=O) groups is 1. The lowest BCUT2D eigenvalue weighted by molar-refractivity contribution is -0.126. The quantitative estimate of drug-likeness (QED) is 0.669. The van der Waals surface area contributed by atoms with Crippen LogP contribution in [0.1, 0.15) is 25.3 Å². The maximum atomic E-state index is 12.7. The minimum atomic E-state index is -3.50. The zero-order valence-corrected chi connectivity index (χ0v) is 19.9. The van der Waals surface area contributed by atoms with Gasteiger partial charge in [-0.25, -0.2) is 8.42 Å². The van der Waals surface area contributed by atoms with E-state index in [2.05, 4.69) is 5.32 Å². The highest BCUT2D eigenvalue weighted by Gasteiger charge is 2.34. The van der Waals surface area contributed by atoms with E-state index in [0.717, 1.165) is 22.6 Å². The lowest BCUT2D eigenvalue weighted by atomic mass is 9.85. The highest BCUT2D eigenvalue weighted by atomic mass is 35.5. The molecule has 0 radical (unpaired) electrons. The normalized spacial score (nSPS) is 16.9. The summed E-state index contributed by atoms with van der Waals surface area (Å²) >= 11 is 6.97. The van der Waals surface area contributed by atoms with Crippen LogP contribution in [0.25, 0.3) is 0 Å². The van der Waals surface area contributed by atoms with Gasteiger partial charge in [0.05, 0.1) is 4.34 Å². The van der Waals surface area contributed by atoms with Gasteiger partial charge in [0.1, 0.15) is 4.21 Å². The minimum Gasteiger partial charge on any atom is -0.378 e. The van der Waals surface area contributed by atoms with Crippen LogP contribution in [0.2, 0.25) is 4.34 Å². The summed E-state index contributed by atoms with van der Waals surface area (Å²) in [5.41, 5.74) is 2.17. The van der Waals surface area contributed by atoms with Crippen LogP contribution in [0.3, 0.4) is 0 Å². The molecule has 6 nitrogen and oxygen atoms in total. The topological polar surface area (TPSA) is 69.7 Å². The molecular weight excluding hydrogens is 442 g/mol. The van der Waals surface area contributed by atoms with Gasteiger partial charge in [-0.1, -0.05) is 30.7 Å². The van der Waals surface area contributed by atoms with Crippen molar-refractivity contribution in [2.75, 3.05) is 32.1 Å². The van der Waals surface area contributed by atoms with Crippen molar-refractivity contribution in [3.05, 3.63) is 46.3 Å². The SMILES string of the molecule is CC(C(=O)NCc1ccc(N(C)C)cc1)C1CCN(S(=O)(=O)c2ccc(Cl)s2)CC1. The molecule has 1 aliphatic rings. The largest absolute Gasteiger partial charge is 0.378 e. The van der Waals surface area contributed by atoms with Crippen LogP contribution >= 0.6 is 22.9 Å². The van der Waals surface area contributed by atoms with Crippen molar-refractivity contribution in [1.82, 2.24) is 9.62 Å². The number of piperidine rings is 1. The number of anilines is 1. The van der Waals surface area contributed by atoms with Crippen molar-refractivity contribution in [3.63, 3.8) is 0 Å². The molecule has 1 fully saturated rings. The van der Waals surface area contributed by atoms with E-state index in [-0.39, 0.29) is 22.0 Å². The number of nitrogens with one attached hydrogen (secondary N) is 1. The third-order valence-corrected chi connectivity index (χ3v) is 9.28. The molecule has 30 heavy (non-hydrogen) atoms. The fraction of sp³-hybridized carbons (Fsp3) is 0.476. The molecule has 1 atom stereocenters. The predicted molar refractivity (Wildman–Crippen MR) is 123 cm³/mol. The Kier molecular flexibility index (Phi) is 7.44. The third-order valence-electron chi connectivity index (χ3n) is 5.68. The molecule has 1 unspecified atom stereocenters. The van der Waals surface area contributed by atoms with Gasteiger partial charge in [0, 0.05) is 45.3 Å². The number of amides is 1. The van der Waals surface area contributed by atoms with Crippen molar-refractivity contribution < 1.29 is 13.2 Å². The molecule has 1 aromatic carbocycles. The van der Waals surface area contributed by atoms with Gasteiger partial charge in [-0.15, -0.1) is 11.3 Å². The first-order valence-electron chi connectivity index (χ1n) is 9.98. The van der Waals surface area contributed by atoms with E-state index in [1.807, 2.05) is 50.2 Å². The average Bonchev–Trinajstić information content (AvgIpc) is 3.19. The molecule has 2 aromatic rings. The fourth-order valence-corrected chi connectivity index (χ4v) is 6.76. The van der Waals surface area contributed by atoms with E-state index >= 15 is 0 Å². The van der Waals surface area contributed by atoms with Crippen molar-refractivity contribution in [1.29, 1.82) is 0 Å². The number of halogens is 1. The molecule has 3 rings (SSSR count). The number of benzene rings is 1. The van der Waals surface area contributed by atoms with Crippen LogP contribution in [0.15, 0.2) is 40.6 Å². The van der Waals surface area contributed by atoms with Crippen molar-refractivity contribution in [2.45, 2.75) is 30.5 Å². The molecular formula is C21H28ClN3O3S2. The zero-order chi connectivity index (χ0) is 21.9. The fourth-order valence-electron chi connectivity index (χ4n) is 3.66. The first-order chi connectivity index (χ1) is 14.2. The Morgan fingerprint density at radius 3 is 2.37 bits per heavy atom. The number of hydrogen-bond donors (Lipinski definition) is 1. The Morgan fingerprint density at radius 2 is 1.83 bits per heavy atom. The summed E-state index contributed by atoms with van der Waals surface area (Å²) in [7, 11) is 0.478. The highest BCUT2D eigenvalue weighted by Crippen LogP contribution is 2.32. The Morgan fingerprint density at radius 1 is 1.20 bits per heavy atom. The second kappa shape index (κ2) is 9.68. The third kappa shape index (κ3) is 5.35. The summed E-state index contributed by atoms with van der Waals surface area (Å²) in [6, 6.07) is 11.2. The van der Waals surface area contributed by atoms with Crippen LogP contribution in [-0.4, -0.2) is 45.8 Å². The summed E-state index contributed by atoms with van der Waals surface area (Å²) in [6.45, 7) is 3.26. The first-order valence-corrected chi connectivity index (χ1v) is 12.6. The van der Waals surface area contributed by atoms with Crippen molar-refractivity contribution in [2.24, 2.45) is 11.8 Å². The summed E-state index contributed by atoms with van der Waals surface area (Å²) < 4.78 is 27.7. The van der Waals surface area contributed by atoms with E-state index in [1.165, 1.54) is 4.31 Å². The van der Waals surface area contributed by atoms with Crippen LogP contribution in [0.5, 0.6) is 0 Å². The summed E-state index contributed by atoms with van der Waals surface area (Å²) in [4.78, 5) is 14.7. The summed E-state index contributed by atoms with van der Waals surface area (Å²) in [5.74, 6) is 0.0182. The molecule has 0 bridgehead atoms. The number of thiophene rings is 1.